The summed E-state index contributed by atoms with van der Waals surface area (Å²) in [6, 6.07) is 9.89. The number of fused-ring (bicyclic) bond motifs is 2. The molecule has 1 aromatic rings. The summed E-state index contributed by atoms with van der Waals surface area (Å²) in [6.07, 6.45) is 7.80. The van der Waals surface area contributed by atoms with Crippen LogP contribution in [0.5, 0.6) is 0 Å². The molecule has 2 unspecified atom stereocenters. The van der Waals surface area contributed by atoms with Crippen molar-refractivity contribution in [3.05, 3.63) is 42.0 Å². The Morgan fingerprint density at radius 3 is 2.36 bits per heavy atom. The van der Waals surface area contributed by atoms with Crippen molar-refractivity contribution in [1.82, 2.24) is 0 Å². The van der Waals surface area contributed by atoms with E-state index in [0.29, 0.717) is 19.3 Å². The van der Waals surface area contributed by atoms with Gasteiger partial charge in [-0.3, -0.25) is 4.79 Å². The molecule has 2 atom stereocenters. The molecule has 0 spiro atoms. The van der Waals surface area contributed by atoms with E-state index in [1.165, 1.54) is 0 Å². The summed E-state index contributed by atoms with van der Waals surface area (Å²) in [6.45, 7) is 0. The average molecular weight is 318 g/mol. The molecule has 0 N–H and O–H groups in total. The second-order valence-electron chi connectivity index (χ2n) is 6.42. The molecule has 2 saturated heterocycles. The van der Waals surface area contributed by atoms with Crippen LogP contribution in [-0.4, -0.2) is 24.7 Å². The van der Waals surface area contributed by atoms with Crippen molar-refractivity contribution >= 4 is 21.7 Å². The van der Waals surface area contributed by atoms with E-state index in [0.717, 1.165) is 24.8 Å². The number of ketones is 1. The summed E-state index contributed by atoms with van der Waals surface area (Å²) in [4.78, 5) is 12.4. The standard InChI is InChI=1S/C18H22O3S/c19-18(11-4-8-14-6-2-1-3-7-14)15-12-16-9-5-10-17(13-15)22(16,20)21/h1-4,6-8,15-17H,5,9-13H2/b8-4+. The van der Waals surface area contributed by atoms with Crippen LogP contribution in [0.25, 0.3) is 6.08 Å². The van der Waals surface area contributed by atoms with Crippen LogP contribution in [0.1, 0.15) is 44.1 Å². The molecule has 22 heavy (non-hydrogen) atoms. The molecule has 0 radical (unpaired) electrons. The maximum absolute atomic E-state index is 12.4. The SMILES string of the molecule is O=C(C/C=C/c1ccccc1)C1CC2CCCC(C1)S2(=O)=O. The monoisotopic (exact) mass is 318 g/mol. The average Bonchev–Trinajstić information content (AvgIpc) is 2.47. The fraction of sp³-hybridized carbons (Fsp3) is 0.500. The van der Waals surface area contributed by atoms with Crippen molar-refractivity contribution < 1.29 is 13.2 Å². The minimum atomic E-state index is -2.97. The molecule has 0 aromatic heterocycles. The van der Waals surface area contributed by atoms with Gasteiger partial charge in [-0.25, -0.2) is 8.42 Å². The highest BCUT2D eigenvalue weighted by Gasteiger charge is 2.45. The fourth-order valence-electron chi connectivity index (χ4n) is 3.71. The van der Waals surface area contributed by atoms with Crippen LogP contribution in [0, 0.1) is 5.92 Å². The van der Waals surface area contributed by atoms with E-state index in [-0.39, 0.29) is 22.2 Å². The van der Waals surface area contributed by atoms with Crippen molar-refractivity contribution in [2.24, 2.45) is 5.92 Å². The van der Waals surface area contributed by atoms with Crippen molar-refractivity contribution in [2.75, 3.05) is 0 Å². The summed E-state index contributed by atoms with van der Waals surface area (Å²) in [7, 11) is -2.97. The normalized spacial score (nSPS) is 30.3. The second-order valence-corrected chi connectivity index (χ2v) is 8.93. The minimum Gasteiger partial charge on any atom is -0.299 e. The first-order valence-electron chi connectivity index (χ1n) is 8.04. The van der Waals surface area contributed by atoms with E-state index >= 15 is 0 Å². The van der Waals surface area contributed by atoms with Crippen LogP contribution in [0.15, 0.2) is 36.4 Å². The molecule has 2 fully saturated rings. The molecular formula is C18H22O3S. The third-order valence-corrected chi connectivity index (χ3v) is 7.68. The number of hydrogen-bond donors (Lipinski definition) is 0. The minimum absolute atomic E-state index is 0.0701. The molecule has 0 saturated carbocycles. The van der Waals surface area contributed by atoms with Gasteiger partial charge in [0.05, 0.1) is 10.5 Å². The summed E-state index contributed by atoms with van der Waals surface area (Å²) < 4.78 is 24.5. The fourth-order valence-corrected chi connectivity index (χ4v) is 6.25. The van der Waals surface area contributed by atoms with E-state index < -0.39 is 9.84 Å². The van der Waals surface area contributed by atoms with E-state index in [9.17, 15) is 13.2 Å². The molecule has 2 aliphatic heterocycles. The van der Waals surface area contributed by atoms with E-state index in [1.807, 2.05) is 42.5 Å². The van der Waals surface area contributed by atoms with Crippen molar-refractivity contribution in [3.63, 3.8) is 0 Å². The van der Waals surface area contributed by atoms with Gasteiger partial charge < -0.3 is 0 Å². The molecule has 0 amide bonds. The lowest BCUT2D eigenvalue weighted by molar-refractivity contribution is -0.122. The Hall–Kier alpha value is -1.42. The molecule has 2 bridgehead atoms. The number of rotatable bonds is 4. The molecule has 3 rings (SSSR count). The van der Waals surface area contributed by atoms with Gasteiger partial charge in [-0.15, -0.1) is 0 Å². The van der Waals surface area contributed by atoms with Crippen LogP contribution in [-0.2, 0) is 14.6 Å². The molecule has 1 aromatic carbocycles. The predicted octanol–water partition coefficient (Wildman–Crippen LogP) is 3.40. The number of carbonyl (C=O) groups excluding carboxylic acids is 1. The first-order valence-corrected chi connectivity index (χ1v) is 9.65. The second kappa shape index (κ2) is 6.37. The Bertz CT molecular complexity index is 641. The molecule has 4 heteroatoms. The molecule has 3 nitrogen and oxygen atoms in total. The van der Waals surface area contributed by atoms with Gasteiger partial charge in [-0.2, -0.15) is 0 Å². The van der Waals surface area contributed by atoms with Gasteiger partial charge >= 0.3 is 0 Å². The van der Waals surface area contributed by atoms with Gasteiger partial charge in [-0.05, 0) is 31.2 Å². The highest BCUT2D eigenvalue weighted by atomic mass is 32.2. The molecule has 2 aliphatic rings. The predicted molar refractivity (Wildman–Crippen MR) is 88.2 cm³/mol. The maximum atomic E-state index is 12.4. The van der Waals surface area contributed by atoms with Gasteiger partial charge in [-0.1, -0.05) is 48.9 Å². The Labute approximate surface area is 132 Å². The lowest BCUT2D eigenvalue weighted by Gasteiger charge is -2.38. The summed E-state index contributed by atoms with van der Waals surface area (Å²) in [5.41, 5.74) is 1.08. The lowest BCUT2D eigenvalue weighted by atomic mass is 9.85. The van der Waals surface area contributed by atoms with Crippen LogP contribution >= 0.6 is 0 Å². The zero-order chi connectivity index (χ0) is 15.6. The number of carbonyl (C=O) groups is 1. The van der Waals surface area contributed by atoms with E-state index in [4.69, 9.17) is 0 Å². The van der Waals surface area contributed by atoms with Crippen LogP contribution in [0.4, 0.5) is 0 Å². The van der Waals surface area contributed by atoms with E-state index in [2.05, 4.69) is 0 Å². The topological polar surface area (TPSA) is 51.2 Å². The smallest absolute Gasteiger partial charge is 0.156 e. The summed E-state index contributed by atoms with van der Waals surface area (Å²) in [5, 5.41) is -0.542. The number of allylic oxidation sites excluding steroid dienone is 1. The first kappa shape index (κ1) is 15.5. The number of benzene rings is 1. The zero-order valence-corrected chi connectivity index (χ0v) is 13.5. The van der Waals surface area contributed by atoms with Crippen LogP contribution in [0.3, 0.4) is 0 Å². The first-order chi connectivity index (χ1) is 10.6. The van der Waals surface area contributed by atoms with Crippen LogP contribution < -0.4 is 0 Å². The third-order valence-electron chi connectivity index (χ3n) is 4.96. The molecule has 0 aliphatic carbocycles. The van der Waals surface area contributed by atoms with Crippen molar-refractivity contribution in [1.29, 1.82) is 0 Å². The van der Waals surface area contributed by atoms with Gasteiger partial charge in [0, 0.05) is 12.3 Å². The van der Waals surface area contributed by atoms with Gasteiger partial charge in [0.15, 0.2) is 9.84 Å². The Balaban J connectivity index is 1.61. The molecular weight excluding hydrogens is 296 g/mol. The van der Waals surface area contributed by atoms with Crippen molar-refractivity contribution in [2.45, 2.75) is 49.0 Å². The van der Waals surface area contributed by atoms with Gasteiger partial charge in [0.1, 0.15) is 5.78 Å². The van der Waals surface area contributed by atoms with Gasteiger partial charge in [0.2, 0.25) is 0 Å². The molecule has 118 valence electrons. The number of sulfone groups is 1. The Kier molecular flexibility index (Phi) is 4.48. The number of hydrogen-bond acceptors (Lipinski definition) is 3. The lowest BCUT2D eigenvalue weighted by Crippen LogP contribution is -2.45. The van der Waals surface area contributed by atoms with Crippen LogP contribution in [0.2, 0.25) is 0 Å². The highest BCUT2D eigenvalue weighted by Crippen LogP contribution is 2.39. The number of Topliss-reactive ketones (excluding diaryl/α,β-unsaturated/α-hetero) is 1. The maximum Gasteiger partial charge on any atom is 0.156 e. The largest absolute Gasteiger partial charge is 0.299 e. The molecule has 2 heterocycles. The zero-order valence-electron chi connectivity index (χ0n) is 12.6. The quantitative estimate of drug-likeness (QED) is 0.855. The summed E-state index contributed by atoms with van der Waals surface area (Å²) >= 11 is 0. The Morgan fingerprint density at radius 2 is 1.73 bits per heavy atom. The summed E-state index contributed by atoms with van der Waals surface area (Å²) in [5.74, 6) is 0.123. The third kappa shape index (κ3) is 3.17. The Morgan fingerprint density at radius 1 is 1.09 bits per heavy atom. The van der Waals surface area contributed by atoms with Crippen molar-refractivity contribution in [3.8, 4) is 0 Å². The van der Waals surface area contributed by atoms with Gasteiger partial charge in [0.25, 0.3) is 0 Å². The highest BCUT2D eigenvalue weighted by molar-refractivity contribution is 7.92. The van der Waals surface area contributed by atoms with E-state index in [1.54, 1.807) is 0 Å².